The number of nitrogens with one attached hydrogen (secondary N) is 1. The predicted molar refractivity (Wildman–Crippen MR) is 80.5 cm³/mol. The summed E-state index contributed by atoms with van der Waals surface area (Å²) in [5.74, 6) is -0.195. The van der Waals surface area contributed by atoms with Gasteiger partial charge in [-0.1, -0.05) is 46.3 Å². The van der Waals surface area contributed by atoms with Crippen molar-refractivity contribution < 1.29 is 4.39 Å². The quantitative estimate of drug-likeness (QED) is 0.835. The van der Waals surface area contributed by atoms with Crippen LogP contribution in [-0.2, 0) is 0 Å². The molecule has 0 fully saturated rings. The Morgan fingerprint density at radius 1 is 1.00 bits per heavy atom. The van der Waals surface area contributed by atoms with Crippen LogP contribution in [-0.4, -0.2) is 0 Å². The fourth-order valence-electron chi connectivity index (χ4n) is 2.16. The van der Waals surface area contributed by atoms with Crippen LogP contribution in [0.15, 0.2) is 53.0 Å². The molecule has 0 aliphatic carbocycles. The minimum absolute atomic E-state index is 0.0952. The van der Waals surface area contributed by atoms with E-state index in [0.717, 1.165) is 10.0 Å². The Kier molecular flexibility index (Phi) is 4.72. The number of benzene rings is 2. The van der Waals surface area contributed by atoms with Crippen molar-refractivity contribution in [3.8, 4) is 0 Å². The lowest BCUT2D eigenvalue weighted by Crippen LogP contribution is -2.22. The van der Waals surface area contributed by atoms with Gasteiger partial charge in [0, 0.05) is 16.6 Å². The zero-order valence-electron chi connectivity index (χ0n) is 11.0. The first-order chi connectivity index (χ1) is 9.08. The zero-order chi connectivity index (χ0) is 13.8. The summed E-state index contributed by atoms with van der Waals surface area (Å²) in [7, 11) is 0. The van der Waals surface area contributed by atoms with Crippen LogP contribution in [0.2, 0.25) is 0 Å². The molecule has 0 bridgehead atoms. The van der Waals surface area contributed by atoms with Crippen molar-refractivity contribution in [2.45, 2.75) is 25.9 Å². The van der Waals surface area contributed by atoms with Crippen LogP contribution in [0.4, 0.5) is 4.39 Å². The summed E-state index contributed by atoms with van der Waals surface area (Å²) in [4.78, 5) is 0. The molecule has 0 spiro atoms. The number of halogens is 2. The van der Waals surface area contributed by atoms with E-state index in [2.05, 4.69) is 34.2 Å². The highest BCUT2D eigenvalue weighted by molar-refractivity contribution is 9.10. The van der Waals surface area contributed by atoms with E-state index in [4.69, 9.17) is 0 Å². The lowest BCUT2D eigenvalue weighted by Gasteiger charge is -2.21. The molecule has 2 aromatic carbocycles. The maximum absolute atomic E-state index is 13.2. The largest absolute Gasteiger partial charge is 0.304 e. The van der Waals surface area contributed by atoms with Crippen LogP contribution >= 0.6 is 15.9 Å². The van der Waals surface area contributed by atoms with E-state index >= 15 is 0 Å². The molecule has 100 valence electrons. The van der Waals surface area contributed by atoms with E-state index in [0.29, 0.717) is 0 Å². The van der Waals surface area contributed by atoms with Crippen LogP contribution in [0.3, 0.4) is 0 Å². The summed E-state index contributed by atoms with van der Waals surface area (Å²) in [5.41, 5.74) is 2.16. The van der Waals surface area contributed by atoms with E-state index in [1.54, 1.807) is 12.1 Å². The Bertz CT molecular complexity index is 556. The molecule has 0 saturated heterocycles. The lowest BCUT2D eigenvalue weighted by molar-refractivity contribution is 0.491. The molecule has 19 heavy (non-hydrogen) atoms. The Labute approximate surface area is 122 Å². The first-order valence-corrected chi connectivity index (χ1v) is 7.13. The van der Waals surface area contributed by atoms with E-state index in [1.807, 2.05) is 31.2 Å². The van der Waals surface area contributed by atoms with Crippen molar-refractivity contribution in [2.24, 2.45) is 0 Å². The van der Waals surface area contributed by atoms with Crippen molar-refractivity contribution in [1.82, 2.24) is 5.32 Å². The molecule has 2 atom stereocenters. The molecular formula is C16H17BrFN. The van der Waals surface area contributed by atoms with Crippen LogP contribution in [0.5, 0.6) is 0 Å². The topological polar surface area (TPSA) is 12.0 Å². The monoisotopic (exact) mass is 321 g/mol. The van der Waals surface area contributed by atoms with Gasteiger partial charge in [0.25, 0.3) is 0 Å². The molecule has 2 aromatic rings. The molecule has 0 aliphatic heterocycles. The molecule has 0 saturated carbocycles. The van der Waals surface area contributed by atoms with Crippen molar-refractivity contribution in [1.29, 1.82) is 0 Å². The third kappa shape index (κ3) is 3.64. The molecule has 1 nitrogen and oxygen atoms in total. The summed E-state index contributed by atoms with van der Waals surface area (Å²) >= 11 is 3.55. The standard InChI is InChI=1S/C16H17BrFN/c1-11(13-6-5-7-14(18)10-13)19-12(2)15-8-3-4-9-16(15)17/h3-12,19H,1-2H3. The molecular weight excluding hydrogens is 305 g/mol. The summed E-state index contributed by atoms with van der Waals surface area (Å²) < 4.78 is 14.3. The Morgan fingerprint density at radius 2 is 1.74 bits per heavy atom. The van der Waals surface area contributed by atoms with Gasteiger partial charge >= 0.3 is 0 Å². The fourth-order valence-corrected chi connectivity index (χ4v) is 2.79. The van der Waals surface area contributed by atoms with Gasteiger partial charge in [-0.05, 0) is 43.2 Å². The van der Waals surface area contributed by atoms with Crippen LogP contribution in [0.25, 0.3) is 0 Å². The highest BCUT2D eigenvalue weighted by Gasteiger charge is 2.13. The fraction of sp³-hybridized carbons (Fsp3) is 0.250. The van der Waals surface area contributed by atoms with Gasteiger partial charge < -0.3 is 5.32 Å². The second-order valence-electron chi connectivity index (χ2n) is 4.69. The van der Waals surface area contributed by atoms with E-state index < -0.39 is 0 Å². The van der Waals surface area contributed by atoms with Gasteiger partial charge in [0.2, 0.25) is 0 Å². The smallest absolute Gasteiger partial charge is 0.123 e. The van der Waals surface area contributed by atoms with E-state index in [-0.39, 0.29) is 17.9 Å². The maximum Gasteiger partial charge on any atom is 0.123 e. The number of rotatable bonds is 4. The zero-order valence-corrected chi connectivity index (χ0v) is 12.6. The summed E-state index contributed by atoms with van der Waals surface area (Å²) in [6.45, 7) is 4.15. The third-order valence-corrected chi connectivity index (χ3v) is 3.94. The van der Waals surface area contributed by atoms with Gasteiger partial charge in [-0.15, -0.1) is 0 Å². The Balaban J connectivity index is 2.11. The molecule has 0 radical (unpaired) electrons. The minimum atomic E-state index is -0.195. The highest BCUT2D eigenvalue weighted by Crippen LogP contribution is 2.25. The van der Waals surface area contributed by atoms with Crippen molar-refractivity contribution in [3.63, 3.8) is 0 Å². The summed E-state index contributed by atoms with van der Waals surface area (Å²) in [6, 6.07) is 15.1. The molecule has 2 rings (SSSR count). The first kappa shape index (κ1) is 14.2. The summed E-state index contributed by atoms with van der Waals surface area (Å²) in [6.07, 6.45) is 0. The SMILES string of the molecule is CC(NC(C)c1ccccc1Br)c1cccc(F)c1. The number of hydrogen-bond donors (Lipinski definition) is 1. The van der Waals surface area contributed by atoms with Gasteiger partial charge in [-0.2, -0.15) is 0 Å². The summed E-state index contributed by atoms with van der Waals surface area (Å²) in [5, 5.41) is 3.48. The first-order valence-electron chi connectivity index (χ1n) is 6.34. The predicted octanol–water partition coefficient (Wildman–Crippen LogP) is 5.00. The average Bonchev–Trinajstić information content (AvgIpc) is 2.39. The normalized spacial score (nSPS) is 14.1. The molecule has 0 aromatic heterocycles. The van der Waals surface area contributed by atoms with Crippen molar-refractivity contribution in [3.05, 3.63) is 69.9 Å². The van der Waals surface area contributed by atoms with Gasteiger partial charge in [0.15, 0.2) is 0 Å². The minimum Gasteiger partial charge on any atom is -0.304 e. The van der Waals surface area contributed by atoms with Crippen molar-refractivity contribution in [2.75, 3.05) is 0 Å². The maximum atomic E-state index is 13.2. The molecule has 0 heterocycles. The van der Waals surface area contributed by atoms with Gasteiger partial charge in [-0.25, -0.2) is 4.39 Å². The Hall–Kier alpha value is -1.19. The van der Waals surface area contributed by atoms with Crippen LogP contribution in [0.1, 0.15) is 37.1 Å². The van der Waals surface area contributed by atoms with Gasteiger partial charge in [-0.3, -0.25) is 0 Å². The van der Waals surface area contributed by atoms with Crippen LogP contribution < -0.4 is 5.32 Å². The van der Waals surface area contributed by atoms with Gasteiger partial charge in [0.1, 0.15) is 5.82 Å². The molecule has 0 amide bonds. The van der Waals surface area contributed by atoms with Crippen molar-refractivity contribution >= 4 is 15.9 Å². The van der Waals surface area contributed by atoms with Crippen LogP contribution in [0, 0.1) is 5.82 Å². The highest BCUT2D eigenvalue weighted by atomic mass is 79.9. The molecule has 3 heteroatoms. The second kappa shape index (κ2) is 6.31. The van der Waals surface area contributed by atoms with E-state index in [1.165, 1.54) is 11.6 Å². The Morgan fingerprint density at radius 3 is 2.42 bits per heavy atom. The second-order valence-corrected chi connectivity index (χ2v) is 5.54. The molecule has 1 N–H and O–H groups in total. The molecule has 2 unspecified atom stereocenters. The molecule has 0 aliphatic rings. The van der Waals surface area contributed by atoms with Gasteiger partial charge in [0.05, 0.1) is 0 Å². The average molecular weight is 322 g/mol. The number of hydrogen-bond acceptors (Lipinski definition) is 1. The van der Waals surface area contributed by atoms with E-state index in [9.17, 15) is 4.39 Å². The lowest BCUT2D eigenvalue weighted by atomic mass is 10.0. The third-order valence-electron chi connectivity index (χ3n) is 3.22.